The van der Waals surface area contributed by atoms with Crippen molar-refractivity contribution >= 4 is 23.4 Å². The summed E-state index contributed by atoms with van der Waals surface area (Å²) in [5.41, 5.74) is 6.21. The molecule has 1 aromatic carbocycles. The number of likely N-dealkylation sites (N-methyl/N-ethyl adjacent to an activating group) is 1. The monoisotopic (exact) mass is 349 g/mol. The fraction of sp³-hybridized carbons (Fsp3) is 0.471. The number of anilines is 1. The van der Waals surface area contributed by atoms with Crippen LogP contribution in [0.4, 0.5) is 5.69 Å². The highest BCUT2D eigenvalue weighted by Crippen LogP contribution is 2.09. The van der Waals surface area contributed by atoms with Gasteiger partial charge in [0.2, 0.25) is 11.8 Å². The molecule has 0 saturated heterocycles. The van der Waals surface area contributed by atoms with Crippen LogP contribution in [0.1, 0.15) is 24.2 Å². The van der Waals surface area contributed by atoms with Crippen LogP contribution in [0.2, 0.25) is 0 Å². The zero-order valence-electron chi connectivity index (χ0n) is 14.8. The fourth-order valence-corrected chi connectivity index (χ4v) is 2.13. The molecule has 1 rings (SSSR count). The van der Waals surface area contributed by atoms with E-state index in [1.165, 1.54) is 0 Å². The van der Waals surface area contributed by atoms with Crippen LogP contribution >= 0.6 is 0 Å². The number of nitrogens with zero attached hydrogens (tertiary/aromatic N) is 1. The molecule has 0 aliphatic carbocycles. The normalized spacial score (nSPS) is 10.4. The van der Waals surface area contributed by atoms with Crippen LogP contribution in [0.25, 0.3) is 0 Å². The Labute approximate surface area is 148 Å². The summed E-state index contributed by atoms with van der Waals surface area (Å²) >= 11 is 0. The smallest absolute Gasteiger partial charge is 0.251 e. The third-order valence-corrected chi connectivity index (χ3v) is 3.67. The van der Waals surface area contributed by atoms with Crippen LogP contribution in [-0.4, -0.2) is 61.9 Å². The first kappa shape index (κ1) is 20.6. The van der Waals surface area contributed by atoms with Gasteiger partial charge in [0.1, 0.15) is 0 Å². The number of hydrogen-bond acceptors (Lipinski definition) is 5. The molecular weight excluding hydrogens is 322 g/mol. The number of amides is 3. The zero-order valence-corrected chi connectivity index (χ0v) is 14.8. The second-order valence-electron chi connectivity index (χ2n) is 5.39. The molecule has 0 bridgehead atoms. The third-order valence-electron chi connectivity index (χ3n) is 3.67. The molecule has 0 fully saturated rings. The van der Waals surface area contributed by atoms with E-state index in [9.17, 15) is 14.4 Å². The van der Waals surface area contributed by atoms with Crippen LogP contribution in [0.15, 0.2) is 24.3 Å². The Morgan fingerprint density at radius 3 is 2.20 bits per heavy atom. The van der Waals surface area contributed by atoms with E-state index in [1.54, 1.807) is 24.3 Å². The summed E-state index contributed by atoms with van der Waals surface area (Å²) in [6.07, 6.45) is 0. The van der Waals surface area contributed by atoms with Crippen LogP contribution < -0.4 is 21.7 Å². The summed E-state index contributed by atoms with van der Waals surface area (Å²) in [4.78, 5) is 36.9. The highest BCUT2D eigenvalue weighted by molar-refractivity contribution is 5.97. The predicted molar refractivity (Wildman–Crippen MR) is 97.3 cm³/mol. The van der Waals surface area contributed by atoms with Crippen LogP contribution in [0.3, 0.4) is 0 Å². The number of benzene rings is 1. The van der Waals surface area contributed by atoms with Gasteiger partial charge in [0, 0.05) is 24.3 Å². The molecule has 0 spiro atoms. The second kappa shape index (κ2) is 11.2. The Kier molecular flexibility index (Phi) is 9.20. The van der Waals surface area contributed by atoms with Crippen molar-refractivity contribution in [2.45, 2.75) is 13.8 Å². The molecule has 1 aromatic rings. The number of rotatable bonds is 10. The van der Waals surface area contributed by atoms with Crippen molar-refractivity contribution in [1.82, 2.24) is 15.5 Å². The largest absolute Gasteiger partial charge is 0.351 e. The molecule has 0 atom stereocenters. The van der Waals surface area contributed by atoms with E-state index in [2.05, 4.69) is 34.7 Å². The average molecular weight is 349 g/mol. The van der Waals surface area contributed by atoms with Gasteiger partial charge in [0.15, 0.2) is 0 Å². The minimum absolute atomic E-state index is 0.149. The number of carbonyl (C=O) groups excluding carboxylic acids is 3. The van der Waals surface area contributed by atoms with Crippen LogP contribution in [0, 0.1) is 0 Å². The Morgan fingerprint density at radius 2 is 1.64 bits per heavy atom. The molecule has 3 amide bonds. The first-order chi connectivity index (χ1) is 12.0. The summed E-state index contributed by atoms with van der Waals surface area (Å²) in [7, 11) is 0. The van der Waals surface area contributed by atoms with Crippen molar-refractivity contribution in [3.63, 3.8) is 0 Å². The van der Waals surface area contributed by atoms with E-state index in [1.807, 2.05) is 0 Å². The van der Waals surface area contributed by atoms with E-state index < -0.39 is 5.91 Å². The maximum atomic E-state index is 12.1. The first-order valence-corrected chi connectivity index (χ1v) is 8.37. The van der Waals surface area contributed by atoms with Gasteiger partial charge in [-0.1, -0.05) is 13.8 Å². The lowest BCUT2D eigenvalue weighted by molar-refractivity contribution is -0.123. The lowest BCUT2D eigenvalue weighted by Crippen LogP contribution is -2.36. The number of hydrogen-bond donors (Lipinski definition) is 4. The molecule has 0 aliphatic rings. The number of nitrogens with one attached hydrogen (secondary N) is 3. The Bertz CT molecular complexity index is 570. The maximum Gasteiger partial charge on any atom is 0.251 e. The minimum Gasteiger partial charge on any atom is -0.351 e. The highest BCUT2D eigenvalue weighted by atomic mass is 16.2. The van der Waals surface area contributed by atoms with Gasteiger partial charge in [-0.15, -0.1) is 0 Å². The summed E-state index contributed by atoms with van der Waals surface area (Å²) in [6.45, 7) is 7.15. The summed E-state index contributed by atoms with van der Waals surface area (Å²) < 4.78 is 0. The molecule has 0 radical (unpaired) electrons. The molecule has 0 aromatic heterocycles. The molecule has 0 heterocycles. The fourth-order valence-electron chi connectivity index (χ4n) is 2.13. The summed E-state index contributed by atoms with van der Waals surface area (Å²) in [5.74, 6) is -0.912. The second-order valence-corrected chi connectivity index (χ2v) is 5.39. The van der Waals surface area contributed by atoms with Crippen molar-refractivity contribution in [2.24, 2.45) is 5.73 Å². The third kappa shape index (κ3) is 7.77. The lowest BCUT2D eigenvalue weighted by atomic mass is 10.2. The molecule has 25 heavy (non-hydrogen) atoms. The summed E-state index contributed by atoms with van der Waals surface area (Å²) in [5, 5.41) is 7.88. The van der Waals surface area contributed by atoms with E-state index in [0.717, 1.165) is 19.6 Å². The van der Waals surface area contributed by atoms with Gasteiger partial charge in [-0.2, -0.15) is 0 Å². The SMILES string of the molecule is CCN(CC)CCNC(=O)c1ccc(NC(=O)CNC(=O)CN)cc1. The number of carbonyl (C=O) groups is 3. The van der Waals surface area contributed by atoms with E-state index in [4.69, 9.17) is 5.73 Å². The summed E-state index contributed by atoms with van der Waals surface area (Å²) in [6, 6.07) is 6.56. The molecule has 0 saturated carbocycles. The van der Waals surface area contributed by atoms with E-state index in [-0.39, 0.29) is 24.9 Å². The molecule has 8 heteroatoms. The lowest BCUT2D eigenvalue weighted by Gasteiger charge is -2.18. The van der Waals surface area contributed by atoms with Gasteiger partial charge in [-0.25, -0.2) is 0 Å². The number of nitrogens with two attached hydrogens (primary N) is 1. The molecule has 5 N–H and O–H groups in total. The van der Waals surface area contributed by atoms with E-state index >= 15 is 0 Å². The van der Waals surface area contributed by atoms with Crippen molar-refractivity contribution in [3.05, 3.63) is 29.8 Å². The Morgan fingerprint density at radius 1 is 1.00 bits per heavy atom. The Hall–Kier alpha value is -2.45. The van der Waals surface area contributed by atoms with Crippen LogP contribution in [-0.2, 0) is 9.59 Å². The first-order valence-electron chi connectivity index (χ1n) is 8.37. The molecule has 0 aliphatic heterocycles. The van der Waals surface area contributed by atoms with Gasteiger partial charge in [-0.05, 0) is 37.4 Å². The average Bonchev–Trinajstić information content (AvgIpc) is 2.63. The predicted octanol–water partition coefficient (Wildman–Crippen LogP) is -0.228. The van der Waals surface area contributed by atoms with Crippen LogP contribution in [0.5, 0.6) is 0 Å². The molecule has 8 nitrogen and oxygen atoms in total. The highest BCUT2D eigenvalue weighted by Gasteiger charge is 2.08. The topological polar surface area (TPSA) is 117 Å². The van der Waals surface area contributed by atoms with Gasteiger partial charge in [0.05, 0.1) is 13.1 Å². The quantitative estimate of drug-likeness (QED) is 0.466. The van der Waals surface area contributed by atoms with Gasteiger partial charge < -0.3 is 26.6 Å². The van der Waals surface area contributed by atoms with Gasteiger partial charge in [-0.3, -0.25) is 14.4 Å². The zero-order chi connectivity index (χ0) is 18.7. The molecular formula is C17H27N5O3. The standard InChI is InChI=1S/C17H27N5O3/c1-3-22(4-2)10-9-19-17(25)13-5-7-14(8-6-13)21-16(24)12-20-15(23)11-18/h5-8H,3-4,9-12,18H2,1-2H3,(H,19,25)(H,20,23)(H,21,24). The van der Waals surface area contributed by atoms with Crippen molar-refractivity contribution in [3.8, 4) is 0 Å². The Balaban J connectivity index is 2.43. The van der Waals surface area contributed by atoms with Crippen molar-refractivity contribution in [2.75, 3.05) is 44.6 Å². The molecule has 0 unspecified atom stereocenters. The minimum atomic E-state index is -0.396. The molecule has 138 valence electrons. The maximum absolute atomic E-state index is 12.1. The van der Waals surface area contributed by atoms with Crippen molar-refractivity contribution in [1.29, 1.82) is 0 Å². The van der Waals surface area contributed by atoms with E-state index in [0.29, 0.717) is 17.8 Å². The van der Waals surface area contributed by atoms with Crippen molar-refractivity contribution < 1.29 is 14.4 Å². The van der Waals surface area contributed by atoms with Gasteiger partial charge in [0.25, 0.3) is 5.91 Å². The van der Waals surface area contributed by atoms with Gasteiger partial charge >= 0.3 is 0 Å².